The van der Waals surface area contributed by atoms with E-state index in [4.69, 9.17) is 9.47 Å². The molecule has 208 valence electrons. The summed E-state index contributed by atoms with van der Waals surface area (Å²) in [6.07, 6.45) is -0.982. The molecule has 0 aliphatic carbocycles. The van der Waals surface area contributed by atoms with Crippen molar-refractivity contribution < 1.29 is 31.4 Å². The zero-order valence-electron chi connectivity index (χ0n) is 21.0. The number of nitrogens with one attached hydrogen (secondary N) is 1. The number of alkyl halides is 4. The standard InChI is InChI=1S/C24H25F5N8O2/c1-23(11-39-12-23)35-5-4-17(24(28,29)10-35)30-22-31-21(38-2)20-14(3-6-36(20)33-22)13-7-15(25)19-16(8-13)37(34-32-19)9-18(26)27/h3,6-8,17-18H,4-5,9-12H2,1-2H3,(H,30,33). The Bertz CT molecular complexity index is 1540. The van der Waals surface area contributed by atoms with Gasteiger partial charge in [-0.05, 0) is 37.1 Å². The van der Waals surface area contributed by atoms with Gasteiger partial charge in [0.1, 0.15) is 17.6 Å². The lowest BCUT2D eigenvalue weighted by Gasteiger charge is -2.51. The minimum absolute atomic E-state index is 0.0568. The number of hydrogen-bond donors (Lipinski definition) is 1. The van der Waals surface area contributed by atoms with Gasteiger partial charge in [-0.15, -0.1) is 10.2 Å². The molecule has 3 aromatic heterocycles. The number of aromatic nitrogens is 6. The molecule has 39 heavy (non-hydrogen) atoms. The number of hydrogen-bond acceptors (Lipinski definition) is 8. The smallest absolute Gasteiger partial charge is 0.280 e. The van der Waals surface area contributed by atoms with E-state index < -0.39 is 37.3 Å². The van der Waals surface area contributed by atoms with Crippen molar-refractivity contribution in [2.45, 2.75) is 43.8 Å². The molecule has 0 bridgehead atoms. The number of ether oxygens (including phenoxy) is 2. The molecule has 2 aliphatic rings. The Morgan fingerprint density at radius 3 is 2.72 bits per heavy atom. The van der Waals surface area contributed by atoms with Gasteiger partial charge in [0.05, 0.1) is 44.0 Å². The number of fused-ring (bicyclic) bond motifs is 2. The summed E-state index contributed by atoms with van der Waals surface area (Å²) in [5.74, 6) is -3.78. The zero-order chi connectivity index (χ0) is 27.5. The second-order valence-electron chi connectivity index (χ2n) is 10.1. The fourth-order valence-electron chi connectivity index (χ4n) is 5.19. The molecule has 1 aromatic carbocycles. The predicted octanol–water partition coefficient (Wildman–Crippen LogP) is 3.46. The van der Waals surface area contributed by atoms with E-state index in [-0.39, 0.29) is 34.8 Å². The van der Waals surface area contributed by atoms with Crippen LogP contribution < -0.4 is 10.1 Å². The molecular formula is C24H25F5N8O2. The minimum Gasteiger partial charge on any atom is -0.479 e. The fourth-order valence-corrected chi connectivity index (χ4v) is 5.19. The lowest BCUT2D eigenvalue weighted by atomic mass is 9.91. The van der Waals surface area contributed by atoms with E-state index in [1.165, 1.54) is 23.8 Å². The third-order valence-corrected chi connectivity index (χ3v) is 7.36. The first kappa shape index (κ1) is 25.7. The van der Waals surface area contributed by atoms with Crippen LogP contribution >= 0.6 is 0 Å². The molecule has 2 aliphatic heterocycles. The lowest BCUT2D eigenvalue weighted by molar-refractivity contribution is -0.174. The number of rotatable bonds is 7. The first-order valence-electron chi connectivity index (χ1n) is 12.3. The van der Waals surface area contributed by atoms with Crippen molar-refractivity contribution in [2.24, 2.45) is 0 Å². The number of likely N-dealkylation sites (tertiary alicyclic amines) is 1. The maximum atomic E-state index is 15.1. The van der Waals surface area contributed by atoms with E-state index in [9.17, 15) is 13.2 Å². The first-order chi connectivity index (χ1) is 18.6. The summed E-state index contributed by atoms with van der Waals surface area (Å²) < 4.78 is 84.0. The van der Waals surface area contributed by atoms with Crippen LogP contribution in [0.15, 0.2) is 24.4 Å². The van der Waals surface area contributed by atoms with E-state index in [0.717, 1.165) is 4.68 Å². The molecule has 2 saturated heterocycles. The molecule has 1 N–H and O–H groups in total. The Morgan fingerprint density at radius 1 is 1.26 bits per heavy atom. The van der Waals surface area contributed by atoms with Gasteiger partial charge in [-0.3, -0.25) is 4.90 Å². The molecule has 0 radical (unpaired) electrons. The molecule has 2 fully saturated rings. The van der Waals surface area contributed by atoms with Gasteiger partial charge in [0.2, 0.25) is 11.8 Å². The van der Waals surface area contributed by atoms with Gasteiger partial charge < -0.3 is 14.8 Å². The second kappa shape index (κ2) is 9.26. The Balaban J connectivity index is 1.31. The van der Waals surface area contributed by atoms with Crippen LogP contribution in [0.2, 0.25) is 0 Å². The van der Waals surface area contributed by atoms with Gasteiger partial charge in [-0.2, -0.15) is 4.98 Å². The molecule has 6 rings (SSSR count). The van der Waals surface area contributed by atoms with Crippen LogP contribution in [0.1, 0.15) is 13.3 Å². The Labute approximate surface area is 218 Å². The largest absolute Gasteiger partial charge is 0.479 e. The molecule has 15 heteroatoms. The van der Waals surface area contributed by atoms with Crippen molar-refractivity contribution in [2.75, 3.05) is 38.7 Å². The molecule has 5 heterocycles. The highest BCUT2D eigenvalue weighted by molar-refractivity contribution is 5.89. The lowest BCUT2D eigenvalue weighted by Crippen LogP contribution is -2.67. The van der Waals surface area contributed by atoms with Gasteiger partial charge in [0, 0.05) is 18.3 Å². The normalized spacial score (nSPS) is 21.0. The quantitative estimate of drug-likeness (QED) is 0.349. The van der Waals surface area contributed by atoms with E-state index in [2.05, 4.69) is 25.7 Å². The first-order valence-corrected chi connectivity index (χ1v) is 12.3. The van der Waals surface area contributed by atoms with Gasteiger partial charge in [0.15, 0.2) is 5.82 Å². The Morgan fingerprint density at radius 2 is 2.05 bits per heavy atom. The van der Waals surface area contributed by atoms with E-state index >= 15 is 8.78 Å². The SMILES string of the molecule is COc1nc(NC2CCN(C3(C)COC3)CC2(F)F)nn2ccc(-c3cc(F)c4nnn(CC(F)F)c4c3)c12. The molecule has 10 nitrogen and oxygen atoms in total. The predicted molar refractivity (Wildman–Crippen MR) is 130 cm³/mol. The third-order valence-electron chi connectivity index (χ3n) is 7.36. The van der Waals surface area contributed by atoms with Crippen molar-refractivity contribution in [3.63, 3.8) is 0 Å². The molecule has 1 unspecified atom stereocenters. The Hall–Kier alpha value is -3.59. The van der Waals surface area contributed by atoms with Gasteiger partial charge in [-0.25, -0.2) is 31.1 Å². The second-order valence-corrected chi connectivity index (χ2v) is 10.1. The monoisotopic (exact) mass is 552 g/mol. The number of halogens is 5. The van der Waals surface area contributed by atoms with Crippen LogP contribution in [0, 0.1) is 5.82 Å². The maximum absolute atomic E-state index is 15.1. The van der Waals surface area contributed by atoms with Crippen LogP contribution in [0.3, 0.4) is 0 Å². The summed E-state index contributed by atoms with van der Waals surface area (Å²) in [5, 5.41) is 14.4. The number of nitrogens with zero attached hydrogens (tertiary/aromatic N) is 7. The highest BCUT2D eigenvalue weighted by Crippen LogP contribution is 2.37. The summed E-state index contributed by atoms with van der Waals surface area (Å²) in [5.41, 5.74) is 0.690. The number of benzene rings is 1. The average molecular weight is 553 g/mol. The van der Waals surface area contributed by atoms with Crippen LogP contribution in [0.25, 0.3) is 27.7 Å². The van der Waals surface area contributed by atoms with Crippen molar-refractivity contribution in [3.8, 4) is 17.0 Å². The van der Waals surface area contributed by atoms with E-state index in [1.807, 2.05) is 6.92 Å². The van der Waals surface area contributed by atoms with Crippen molar-refractivity contribution in [1.29, 1.82) is 0 Å². The van der Waals surface area contributed by atoms with Crippen molar-refractivity contribution in [3.05, 3.63) is 30.2 Å². The fraction of sp³-hybridized carbons (Fsp3) is 0.500. The van der Waals surface area contributed by atoms with E-state index in [0.29, 0.717) is 36.4 Å². The van der Waals surface area contributed by atoms with Crippen LogP contribution in [-0.4, -0.2) is 91.8 Å². The minimum atomic E-state index is -3.05. The molecule has 0 spiro atoms. The molecule has 4 aromatic rings. The van der Waals surface area contributed by atoms with E-state index in [1.54, 1.807) is 17.2 Å². The van der Waals surface area contributed by atoms with Crippen LogP contribution in [0.5, 0.6) is 5.88 Å². The van der Waals surface area contributed by atoms with Crippen molar-refractivity contribution >= 4 is 22.5 Å². The highest BCUT2D eigenvalue weighted by atomic mass is 19.3. The van der Waals surface area contributed by atoms with Crippen LogP contribution in [-0.2, 0) is 11.3 Å². The summed E-state index contributed by atoms with van der Waals surface area (Å²) in [6, 6.07) is 3.11. The number of anilines is 1. The average Bonchev–Trinajstić information content (AvgIpc) is 3.47. The van der Waals surface area contributed by atoms with Gasteiger partial charge in [0.25, 0.3) is 12.3 Å². The number of methoxy groups -OCH3 is 1. The third kappa shape index (κ3) is 4.42. The van der Waals surface area contributed by atoms with Crippen molar-refractivity contribution in [1.82, 2.24) is 34.5 Å². The topological polar surface area (TPSA) is 94.6 Å². The van der Waals surface area contributed by atoms with Crippen LogP contribution in [0.4, 0.5) is 27.9 Å². The van der Waals surface area contributed by atoms with Gasteiger partial charge >= 0.3 is 0 Å². The summed E-state index contributed by atoms with van der Waals surface area (Å²) in [4.78, 5) is 6.07. The zero-order valence-corrected chi connectivity index (χ0v) is 21.0. The highest BCUT2D eigenvalue weighted by Gasteiger charge is 2.51. The van der Waals surface area contributed by atoms with Gasteiger partial charge in [-0.1, -0.05) is 5.21 Å². The summed E-state index contributed by atoms with van der Waals surface area (Å²) >= 11 is 0. The molecular weight excluding hydrogens is 527 g/mol. The number of piperidine rings is 1. The molecule has 0 saturated carbocycles. The summed E-state index contributed by atoms with van der Waals surface area (Å²) in [6.45, 7) is 2.08. The Kier molecular flexibility index (Phi) is 6.10. The summed E-state index contributed by atoms with van der Waals surface area (Å²) in [7, 11) is 1.36. The molecule has 1 atom stereocenters. The molecule has 0 amide bonds. The maximum Gasteiger partial charge on any atom is 0.280 e.